The zero-order valence-electron chi connectivity index (χ0n) is 12.1. The van der Waals surface area contributed by atoms with Gasteiger partial charge in [-0.1, -0.05) is 27.7 Å². The molecule has 4 rings (SSSR count). The van der Waals surface area contributed by atoms with Crippen LogP contribution >= 0.6 is 27.7 Å². The molecule has 0 fully saturated rings. The van der Waals surface area contributed by atoms with E-state index >= 15 is 0 Å². The number of halogens is 1. The quantitative estimate of drug-likeness (QED) is 0.298. The first-order chi connectivity index (χ1) is 11.6. The maximum Gasteiger partial charge on any atom is 0.271 e. The minimum absolute atomic E-state index is 0.0493. The van der Waals surface area contributed by atoms with Crippen LogP contribution in [0.2, 0.25) is 0 Å². The average Bonchev–Trinajstić information content (AvgIpc) is 3.14. The summed E-state index contributed by atoms with van der Waals surface area (Å²) in [6, 6.07) is 10.5. The van der Waals surface area contributed by atoms with Gasteiger partial charge in [-0.15, -0.1) is 0 Å². The number of hydrogen-bond donors (Lipinski definition) is 2. The summed E-state index contributed by atoms with van der Waals surface area (Å²) < 4.78 is 0.995. The molecule has 0 spiro atoms. The molecule has 2 heterocycles. The van der Waals surface area contributed by atoms with Crippen LogP contribution in [0.25, 0.3) is 22.1 Å². The molecule has 2 aromatic carbocycles. The molecule has 24 heavy (non-hydrogen) atoms. The predicted molar refractivity (Wildman–Crippen MR) is 96.1 cm³/mol. The fourth-order valence-electron chi connectivity index (χ4n) is 2.40. The van der Waals surface area contributed by atoms with E-state index in [2.05, 4.69) is 35.9 Å². The molecule has 0 amide bonds. The van der Waals surface area contributed by atoms with E-state index < -0.39 is 4.92 Å². The number of benzene rings is 2. The lowest BCUT2D eigenvalue weighted by Crippen LogP contribution is -1.86. The Labute approximate surface area is 148 Å². The Kier molecular flexibility index (Phi) is 3.73. The first kappa shape index (κ1) is 15.2. The van der Waals surface area contributed by atoms with Gasteiger partial charge >= 0.3 is 0 Å². The summed E-state index contributed by atoms with van der Waals surface area (Å²) in [5.41, 5.74) is 3.29. The van der Waals surface area contributed by atoms with Gasteiger partial charge < -0.3 is 9.97 Å². The number of aromatic nitrogens is 4. The van der Waals surface area contributed by atoms with E-state index in [4.69, 9.17) is 0 Å². The first-order valence-electron chi connectivity index (χ1n) is 6.99. The molecule has 7 nitrogen and oxygen atoms in total. The van der Waals surface area contributed by atoms with Crippen LogP contribution < -0.4 is 0 Å². The average molecular weight is 404 g/mol. The monoisotopic (exact) mass is 403 g/mol. The lowest BCUT2D eigenvalue weighted by molar-refractivity contribution is -0.384. The van der Waals surface area contributed by atoms with Crippen LogP contribution in [0.1, 0.15) is 5.82 Å². The van der Waals surface area contributed by atoms with Gasteiger partial charge in [-0.2, -0.15) is 0 Å². The molecule has 0 aliphatic heterocycles. The molecule has 4 aromatic rings. The van der Waals surface area contributed by atoms with Gasteiger partial charge in [-0.25, -0.2) is 9.97 Å². The number of nitro groups is 1. The topological polar surface area (TPSA) is 100 Å². The fourth-order valence-corrected chi connectivity index (χ4v) is 3.51. The molecule has 0 saturated carbocycles. The minimum Gasteiger partial charge on any atom is -0.341 e. The highest BCUT2D eigenvalue weighted by atomic mass is 79.9. The van der Waals surface area contributed by atoms with E-state index in [1.165, 1.54) is 23.9 Å². The number of fused-ring (bicyclic) bond motifs is 2. The van der Waals surface area contributed by atoms with Crippen LogP contribution in [0.5, 0.6) is 0 Å². The van der Waals surface area contributed by atoms with E-state index in [1.54, 1.807) is 6.07 Å². The van der Waals surface area contributed by atoms with E-state index in [9.17, 15) is 10.1 Å². The van der Waals surface area contributed by atoms with E-state index in [1.807, 2.05) is 18.2 Å². The lowest BCUT2D eigenvalue weighted by Gasteiger charge is -1.93. The van der Waals surface area contributed by atoms with Crippen LogP contribution in [0.4, 0.5) is 5.69 Å². The van der Waals surface area contributed by atoms with Crippen molar-refractivity contribution in [1.29, 1.82) is 0 Å². The fraction of sp³-hybridized carbons (Fsp3) is 0.0667. The van der Waals surface area contributed by atoms with Crippen molar-refractivity contribution in [1.82, 2.24) is 19.9 Å². The molecular weight excluding hydrogens is 394 g/mol. The van der Waals surface area contributed by atoms with Gasteiger partial charge in [0.15, 0.2) is 5.16 Å². The number of nitrogens with one attached hydrogen (secondary N) is 2. The number of imidazole rings is 2. The van der Waals surface area contributed by atoms with Crippen LogP contribution in [0.15, 0.2) is 46.0 Å². The maximum absolute atomic E-state index is 10.8. The van der Waals surface area contributed by atoms with E-state index in [-0.39, 0.29) is 5.69 Å². The SMILES string of the molecule is O=[N+]([O-])c1ccc2nc(CSc3nc4ccc(Br)cc4[nH]3)[nH]c2c1. The van der Waals surface area contributed by atoms with Gasteiger partial charge in [-0.3, -0.25) is 10.1 Å². The third-order valence-electron chi connectivity index (χ3n) is 3.49. The number of aromatic amines is 2. The molecule has 9 heteroatoms. The van der Waals surface area contributed by atoms with Gasteiger partial charge in [-0.05, 0) is 24.3 Å². The Balaban J connectivity index is 1.56. The lowest BCUT2D eigenvalue weighted by atomic mass is 10.3. The minimum atomic E-state index is -0.415. The van der Waals surface area contributed by atoms with Crippen molar-refractivity contribution in [2.45, 2.75) is 10.9 Å². The van der Waals surface area contributed by atoms with Crippen LogP contribution in [0.3, 0.4) is 0 Å². The number of hydrogen-bond acceptors (Lipinski definition) is 5. The molecule has 0 saturated heterocycles. The molecule has 2 N–H and O–H groups in total. The number of nitro benzene ring substituents is 1. The van der Waals surface area contributed by atoms with Crippen molar-refractivity contribution in [3.05, 3.63) is 56.8 Å². The third-order valence-corrected chi connectivity index (χ3v) is 4.87. The second-order valence-corrected chi connectivity index (χ2v) is 7.01. The Morgan fingerprint density at radius 2 is 1.83 bits per heavy atom. The van der Waals surface area contributed by atoms with Gasteiger partial charge in [0.05, 0.1) is 32.7 Å². The maximum atomic E-state index is 10.8. The summed E-state index contributed by atoms with van der Waals surface area (Å²) in [6.45, 7) is 0. The Morgan fingerprint density at radius 1 is 1.08 bits per heavy atom. The Morgan fingerprint density at radius 3 is 2.67 bits per heavy atom. The largest absolute Gasteiger partial charge is 0.341 e. The molecule has 0 unspecified atom stereocenters. The van der Waals surface area contributed by atoms with Crippen molar-refractivity contribution in [2.75, 3.05) is 0 Å². The summed E-state index contributed by atoms with van der Waals surface area (Å²) in [7, 11) is 0. The highest BCUT2D eigenvalue weighted by Crippen LogP contribution is 2.25. The van der Waals surface area contributed by atoms with Crippen molar-refractivity contribution in [2.24, 2.45) is 0 Å². The van der Waals surface area contributed by atoms with Crippen LogP contribution in [0, 0.1) is 10.1 Å². The van der Waals surface area contributed by atoms with Gasteiger partial charge in [0.25, 0.3) is 5.69 Å². The highest BCUT2D eigenvalue weighted by Gasteiger charge is 2.11. The Bertz CT molecular complexity index is 1070. The number of nitrogens with zero attached hydrogens (tertiary/aromatic N) is 3. The molecule has 0 aliphatic carbocycles. The van der Waals surface area contributed by atoms with Gasteiger partial charge in [0, 0.05) is 16.6 Å². The number of thioether (sulfide) groups is 1. The van der Waals surface area contributed by atoms with E-state index in [0.29, 0.717) is 16.8 Å². The van der Waals surface area contributed by atoms with Gasteiger partial charge in [0.2, 0.25) is 0 Å². The third kappa shape index (κ3) is 2.87. The molecule has 0 atom stereocenters. The standard InChI is InChI=1S/C15H10BrN5O2S/c16-8-1-3-11-12(5-8)20-15(19-11)24-7-14-17-10-4-2-9(21(22)23)6-13(10)18-14/h1-6H,7H2,(H,17,18)(H,19,20). The normalized spacial score (nSPS) is 11.4. The van der Waals surface area contributed by atoms with Gasteiger partial charge in [0.1, 0.15) is 5.82 Å². The second kappa shape index (κ2) is 5.91. The van der Waals surface area contributed by atoms with Crippen molar-refractivity contribution >= 4 is 55.4 Å². The predicted octanol–water partition coefficient (Wildman–Crippen LogP) is 4.40. The van der Waals surface area contributed by atoms with Crippen LogP contribution in [-0.4, -0.2) is 24.9 Å². The molecular formula is C15H10BrN5O2S. The van der Waals surface area contributed by atoms with Crippen molar-refractivity contribution < 1.29 is 4.92 Å². The molecule has 0 aliphatic rings. The zero-order valence-corrected chi connectivity index (χ0v) is 14.5. The van der Waals surface area contributed by atoms with Crippen molar-refractivity contribution in [3.8, 4) is 0 Å². The molecule has 120 valence electrons. The Hall–Kier alpha value is -2.39. The highest BCUT2D eigenvalue weighted by molar-refractivity contribution is 9.10. The molecule has 2 aromatic heterocycles. The zero-order chi connectivity index (χ0) is 16.7. The first-order valence-corrected chi connectivity index (χ1v) is 8.77. The molecule has 0 bridgehead atoms. The number of rotatable bonds is 4. The summed E-state index contributed by atoms with van der Waals surface area (Å²) >= 11 is 4.96. The summed E-state index contributed by atoms with van der Waals surface area (Å²) in [6.07, 6.45) is 0. The smallest absolute Gasteiger partial charge is 0.271 e. The second-order valence-electron chi connectivity index (χ2n) is 5.13. The number of H-pyrrole nitrogens is 2. The number of non-ortho nitro benzene ring substituents is 1. The van der Waals surface area contributed by atoms with Crippen molar-refractivity contribution in [3.63, 3.8) is 0 Å². The summed E-state index contributed by atoms with van der Waals surface area (Å²) in [4.78, 5) is 25.7. The molecule has 0 radical (unpaired) electrons. The van der Waals surface area contributed by atoms with Crippen LogP contribution in [-0.2, 0) is 5.75 Å². The summed E-state index contributed by atoms with van der Waals surface area (Å²) in [5, 5.41) is 11.6. The summed E-state index contributed by atoms with van der Waals surface area (Å²) in [5.74, 6) is 1.33. The van der Waals surface area contributed by atoms with E-state index in [0.717, 1.165) is 26.5 Å².